The molecule has 2 aliphatic rings. The van der Waals surface area contributed by atoms with E-state index in [1.54, 1.807) is 0 Å². The van der Waals surface area contributed by atoms with Crippen molar-refractivity contribution in [3.63, 3.8) is 0 Å². The van der Waals surface area contributed by atoms with Crippen LogP contribution in [0.15, 0.2) is 52.2 Å². The van der Waals surface area contributed by atoms with E-state index in [2.05, 4.69) is 9.98 Å². The van der Waals surface area contributed by atoms with Crippen LogP contribution < -0.4 is 0 Å². The molecule has 0 radical (unpaired) electrons. The van der Waals surface area contributed by atoms with Crippen molar-refractivity contribution >= 4 is 35.0 Å². The van der Waals surface area contributed by atoms with E-state index < -0.39 is 5.91 Å². The second-order valence-corrected chi connectivity index (χ2v) is 6.93. The SMILES string of the molecule is Cc1cc(-c2ccc(Cl)cc2)c2c(n1)SC1C(O)=CC(=O)N=C21. The van der Waals surface area contributed by atoms with Gasteiger partial charge in [0.1, 0.15) is 16.0 Å². The number of pyridine rings is 1. The number of fused-ring (bicyclic) bond motifs is 3. The van der Waals surface area contributed by atoms with E-state index in [9.17, 15) is 9.90 Å². The lowest BCUT2D eigenvalue weighted by Gasteiger charge is -2.14. The van der Waals surface area contributed by atoms with Crippen LogP contribution in [-0.2, 0) is 4.79 Å². The van der Waals surface area contributed by atoms with E-state index in [1.165, 1.54) is 17.8 Å². The van der Waals surface area contributed by atoms with Gasteiger partial charge in [-0.25, -0.2) is 9.98 Å². The second-order valence-electron chi connectivity index (χ2n) is 5.40. The molecule has 1 aromatic carbocycles. The van der Waals surface area contributed by atoms with Crippen molar-refractivity contribution in [3.05, 3.63) is 58.4 Å². The summed E-state index contributed by atoms with van der Waals surface area (Å²) in [6, 6.07) is 9.47. The van der Waals surface area contributed by atoms with Crippen LogP contribution >= 0.6 is 23.4 Å². The Hall–Kier alpha value is -2.11. The lowest BCUT2D eigenvalue weighted by Crippen LogP contribution is -2.22. The fourth-order valence-corrected chi connectivity index (χ4v) is 4.15. The molecule has 0 fully saturated rings. The summed E-state index contributed by atoms with van der Waals surface area (Å²) in [4.78, 5) is 20.4. The molecule has 1 N–H and O–H groups in total. The maximum Gasteiger partial charge on any atom is 0.273 e. The quantitative estimate of drug-likeness (QED) is 0.852. The smallest absolute Gasteiger partial charge is 0.273 e. The van der Waals surface area contributed by atoms with Crippen LogP contribution in [0.4, 0.5) is 0 Å². The van der Waals surface area contributed by atoms with E-state index >= 15 is 0 Å². The number of rotatable bonds is 1. The van der Waals surface area contributed by atoms with Gasteiger partial charge in [-0.15, -0.1) is 0 Å². The minimum atomic E-state index is -0.440. The summed E-state index contributed by atoms with van der Waals surface area (Å²) in [6.07, 6.45) is 1.17. The molecule has 0 saturated carbocycles. The number of aromatic nitrogens is 1. The zero-order valence-electron chi connectivity index (χ0n) is 12.1. The predicted molar refractivity (Wildman–Crippen MR) is 91.3 cm³/mol. The molecule has 114 valence electrons. The van der Waals surface area contributed by atoms with Gasteiger partial charge in [0.2, 0.25) is 0 Å². The number of aliphatic hydroxyl groups excluding tert-OH is 1. The lowest BCUT2D eigenvalue weighted by atomic mass is 9.95. The van der Waals surface area contributed by atoms with Crippen molar-refractivity contribution in [1.82, 2.24) is 4.98 Å². The Bertz CT molecular complexity index is 904. The van der Waals surface area contributed by atoms with Gasteiger partial charge >= 0.3 is 0 Å². The van der Waals surface area contributed by atoms with E-state index in [0.717, 1.165) is 27.4 Å². The predicted octanol–water partition coefficient (Wildman–Crippen LogP) is 3.96. The standard InChI is InChI=1S/C17H11ClN2O2S/c1-8-6-11(9-2-4-10(18)5-3-9)14-15-16(23-17(14)19-8)12(21)7-13(22)20-15/h2-7,16,21H,1H3. The van der Waals surface area contributed by atoms with Gasteiger partial charge in [0.05, 0.1) is 5.71 Å². The topological polar surface area (TPSA) is 62.6 Å². The normalized spacial score (nSPS) is 19.0. The first-order valence-corrected chi connectivity index (χ1v) is 8.26. The molecule has 23 heavy (non-hydrogen) atoms. The Kier molecular flexibility index (Phi) is 3.28. The summed E-state index contributed by atoms with van der Waals surface area (Å²) in [5, 5.41) is 11.2. The van der Waals surface area contributed by atoms with Crippen molar-refractivity contribution in [2.24, 2.45) is 4.99 Å². The molecular weight excluding hydrogens is 332 g/mol. The molecule has 3 heterocycles. The lowest BCUT2D eigenvalue weighted by molar-refractivity contribution is -0.113. The van der Waals surface area contributed by atoms with Gasteiger partial charge in [-0.3, -0.25) is 4.79 Å². The Morgan fingerprint density at radius 1 is 1.26 bits per heavy atom. The van der Waals surface area contributed by atoms with Crippen LogP contribution in [0, 0.1) is 6.92 Å². The Labute approximate surface area is 141 Å². The van der Waals surface area contributed by atoms with Crippen LogP contribution in [0.3, 0.4) is 0 Å². The average molecular weight is 343 g/mol. The van der Waals surface area contributed by atoms with Crippen molar-refractivity contribution in [2.75, 3.05) is 0 Å². The van der Waals surface area contributed by atoms with Crippen LogP contribution in [0.2, 0.25) is 5.02 Å². The number of benzene rings is 1. The summed E-state index contributed by atoms with van der Waals surface area (Å²) in [5.74, 6) is -0.410. The van der Waals surface area contributed by atoms with Crippen molar-refractivity contribution < 1.29 is 9.90 Å². The summed E-state index contributed by atoms with van der Waals surface area (Å²) >= 11 is 7.39. The molecule has 2 aromatic rings. The Balaban J connectivity index is 1.95. The number of hydrogen-bond donors (Lipinski definition) is 1. The number of hydrogen-bond acceptors (Lipinski definition) is 4. The fraction of sp³-hybridized carbons (Fsp3) is 0.118. The van der Waals surface area contributed by atoms with Gasteiger partial charge in [-0.05, 0) is 36.2 Å². The van der Waals surface area contributed by atoms with Gasteiger partial charge in [-0.2, -0.15) is 0 Å². The number of nitrogens with zero attached hydrogens (tertiary/aromatic N) is 2. The number of aliphatic hydroxyl groups is 1. The number of carbonyl (C=O) groups excluding carboxylic acids is 1. The van der Waals surface area contributed by atoms with Crippen molar-refractivity contribution in [1.29, 1.82) is 0 Å². The third-order valence-electron chi connectivity index (χ3n) is 3.77. The number of halogens is 1. The van der Waals surface area contributed by atoms with Gasteiger partial charge in [-0.1, -0.05) is 35.5 Å². The van der Waals surface area contributed by atoms with Crippen molar-refractivity contribution in [3.8, 4) is 11.1 Å². The van der Waals surface area contributed by atoms with Gasteiger partial charge < -0.3 is 5.11 Å². The zero-order valence-corrected chi connectivity index (χ0v) is 13.6. The first-order chi connectivity index (χ1) is 11.0. The molecule has 1 aromatic heterocycles. The highest BCUT2D eigenvalue weighted by Crippen LogP contribution is 2.44. The maximum absolute atomic E-state index is 11.7. The number of aryl methyl sites for hydroxylation is 1. The summed E-state index contributed by atoms with van der Waals surface area (Å²) < 4.78 is 0. The van der Waals surface area contributed by atoms with Crippen LogP contribution in [0.5, 0.6) is 0 Å². The number of carbonyl (C=O) groups is 1. The molecule has 1 unspecified atom stereocenters. The molecule has 4 rings (SSSR count). The van der Waals surface area contributed by atoms with Crippen LogP contribution in [0.1, 0.15) is 11.3 Å². The molecule has 1 amide bonds. The highest BCUT2D eigenvalue weighted by molar-refractivity contribution is 8.01. The van der Waals surface area contributed by atoms with E-state index in [0.29, 0.717) is 10.7 Å². The maximum atomic E-state index is 11.7. The van der Waals surface area contributed by atoms with Gasteiger partial charge in [0.15, 0.2) is 0 Å². The minimum Gasteiger partial charge on any atom is -0.510 e. The number of amides is 1. The van der Waals surface area contributed by atoms with Gasteiger partial charge in [0.25, 0.3) is 5.91 Å². The Morgan fingerprint density at radius 2 is 2.00 bits per heavy atom. The summed E-state index contributed by atoms with van der Waals surface area (Å²) in [7, 11) is 0. The minimum absolute atomic E-state index is 0.0303. The van der Waals surface area contributed by atoms with E-state index in [-0.39, 0.29) is 11.0 Å². The molecular formula is C17H11ClN2O2S. The molecule has 0 spiro atoms. The number of aliphatic imine (C=N–C) groups is 1. The van der Waals surface area contributed by atoms with Crippen LogP contribution in [0.25, 0.3) is 11.1 Å². The molecule has 0 saturated heterocycles. The first-order valence-electron chi connectivity index (χ1n) is 7.00. The zero-order chi connectivity index (χ0) is 16.1. The molecule has 0 bridgehead atoms. The van der Waals surface area contributed by atoms with E-state index in [1.807, 2.05) is 37.3 Å². The first kappa shape index (κ1) is 14.5. The molecule has 1 atom stereocenters. The van der Waals surface area contributed by atoms with E-state index in [4.69, 9.17) is 11.6 Å². The molecule has 4 nitrogen and oxygen atoms in total. The highest BCUT2D eigenvalue weighted by atomic mass is 35.5. The summed E-state index contributed by atoms with van der Waals surface area (Å²) in [5.41, 5.74) is 4.19. The summed E-state index contributed by atoms with van der Waals surface area (Å²) in [6.45, 7) is 1.92. The second kappa shape index (κ2) is 5.22. The highest BCUT2D eigenvalue weighted by Gasteiger charge is 2.38. The average Bonchev–Trinajstić information content (AvgIpc) is 2.86. The van der Waals surface area contributed by atoms with Crippen molar-refractivity contribution in [2.45, 2.75) is 17.2 Å². The Morgan fingerprint density at radius 3 is 2.74 bits per heavy atom. The van der Waals surface area contributed by atoms with Crippen LogP contribution in [-0.4, -0.2) is 27.0 Å². The number of thioether (sulfide) groups is 1. The monoisotopic (exact) mass is 342 g/mol. The third-order valence-corrected chi connectivity index (χ3v) is 5.25. The van der Waals surface area contributed by atoms with Gasteiger partial charge in [0, 0.05) is 22.4 Å². The fourth-order valence-electron chi connectivity index (χ4n) is 2.80. The molecule has 6 heteroatoms. The molecule has 2 aliphatic heterocycles. The molecule has 0 aliphatic carbocycles. The third kappa shape index (κ3) is 2.36. The number of dihydropyridines is 1. The largest absolute Gasteiger partial charge is 0.510 e.